The Bertz CT molecular complexity index is 1110. The van der Waals surface area contributed by atoms with Crippen molar-refractivity contribution in [1.29, 1.82) is 0 Å². The highest BCUT2D eigenvalue weighted by Crippen LogP contribution is 2.31. The summed E-state index contributed by atoms with van der Waals surface area (Å²) < 4.78 is 11.5. The average molecular weight is 374 g/mol. The Morgan fingerprint density at radius 3 is 2.50 bits per heavy atom. The van der Waals surface area contributed by atoms with Gasteiger partial charge in [-0.2, -0.15) is 0 Å². The molecule has 0 saturated heterocycles. The van der Waals surface area contributed by atoms with Gasteiger partial charge in [0.15, 0.2) is 6.61 Å². The Balaban J connectivity index is 1.36. The van der Waals surface area contributed by atoms with Crippen LogP contribution in [0, 0.1) is 0 Å². The molecule has 28 heavy (non-hydrogen) atoms. The number of amides is 1. The van der Waals surface area contributed by atoms with Crippen LogP contribution >= 0.6 is 0 Å². The number of furan rings is 1. The van der Waals surface area contributed by atoms with E-state index >= 15 is 0 Å². The van der Waals surface area contributed by atoms with Crippen LogP contribution in [0.15, 0.2) is 71.1 Å². The van der Waals surface area contributed by atoms with Gasteiger partial charge in [0.05, 0.1) is 0 Å². The molecule has 0 radical (unpaired) electrons. The quantitative estimate of drug-likeness (QED) is 0.545. The number of nitrogens with one attached hydrogen (secondary N) is 1. The van der Waals surface area contributed by atoms with Crippen molar-refractivity contribution in [2.75, 3.05) is 25.6 Å². The number of fused-ring (bicyclic) bond motifs is 3. The lowest BCUT2D eigenvalue weighted by molar-refractivity contribution is -0.123. The minimum Gasteiger partial charge on any atom is -0.484 e. The second-order valence-electron chi connectivity index (χ2n) is 6.88. The molecule has 0 aliphatic carbocycles. The number of ether oxygens (including phenoxy) is 1. The Morgan fingerprint density at radius 1 is 0.964 bits per heavy atom. The lowest BCUT2D eigenvalue weighted by atomic mass is 10.1. The number of para-hydroxylation sites is 1. The number of carbonyl (C=O) groups is 1. The van der Waals surface area contributed by atoms with Gasteiger partial charge in [-0.1, -0.05) is 30.3 Å². The normalized spacial score (nSPS) is 10.9. The number of nitrogens with zero attached hydrogens (tertiary/aromatic N) is 1. The first-order valence-corrected chi connectivity index (χ1v) is 9.17. The van der Waals surface area contributed by atoms with E-state index in [4.69, 9.17) is 9.15 Å². The lowest BCUT2D eigenvalue weighted by Gasteiger charge is -2.13. The van der Waals surface area contributed by atoms with Crippen molar-refractivity contribution in [1.82, 2.24) is 5.32 Å². The summed E-state index contributed by atoms with van der Waals surface area (Å²) in [7, 11) is 4.00. The van der Waals surface area contributed by atoms with E-state index in [1.165, 1.54) is 0 Å². The number of hydrogen-bond donors (Lipinski definition) is 1. The molecule has 0 unspecified atom stereocenters. The van der Waals surface area contributed by atoms with Crippen LogP contribution in [0.5, 0.6) is 5.75 Å². The molecule has 1 heterocycles. The van der Waals surface area contributed by atoms with E-state index in [1.54, 1.807) is 0 Å². The Kier molecular flexibility index (Phi) is 4.89. The van der Waals surface area contributed by atoms with Gasteiger partial charge in [0.1, 0.15) is 16.9 Å². The molecule has 1 aromatic heterocycles. The molecule has 3 aromatic carbocycles. The van der Waals surface area contributed by atoms with Crippen LogP contribution in [0.25, 0.3) is 21.9 Å². The predicted octanol–water partition coefficient (Wildman–Crippen LogP) is 4.35. The van der Waals surface area contributed by atoms with Gasteiger partial charge >= 0.3 is 0 Å². The van der Waals surface area contributed by atoms with Gasteiger partial charge in [0.2, 0.25) is 0 Å². The molecule has 4 aromatic rings. The predicted molar refractivity (Wildman–Crippen MR) is 112 cm³/mol. The van der Waals surface area contributed by atoms with Crippen LogP contribution in [-0.4, -0.2) is 26.6 Å². The summed E-state index contributed by atoms with van der Waals surface area (Å²) in [6.07, 6.45) is 0. The highest BCUT2D eigenvalue weighted by Gasteiger charge is 2.09. The highest BCUT2D eigenvalue weighted by molar-refractivity contribution is 6.05. The summed E-state index contributed by atoms with van der Waals surface area (Å²) in [6.45, 7) is 0.443. The van der Waals surface area contributed by atoms with E-state index in [2.05, 4.69) is 5.32 Å². The number of benzene rings is 3. The first-order valence-electron chi connectivity index (χ1n) is 9.17. The molecule has 0 fully saturated rings. The maximum atomic E-state index is 12.1. The minimum absolute atomic E-state index is 0.0307. The SMILES string of the molecule is CN(C)c1ccc(CNC(=O)COc2ccc3oc4ccccc4c3c2)cc1. The summed E-state index contributed by atoms with van der Waals surface area (Å²) in [5.41, 5.74) is 3.82. The fourth-order valence-electron chi connectivity index (χ4n) is 3.11. The molecule has 4 rings (SSSR count). The zero-order valence-electron chi connectivity index (χ0n) is 15.9. The lowest BCUT2D eigenvalue weighted by Crippen LogP contribution is -2.28. The summed E-state index contributed by atoms with van der Waals surface area (Å²) in [4.78, 5) is 14.2. The summed E-state index contributed by atoms with van der Waals surface area (Å²) in [5, 5.41) is 4.90. The standard InChI is InChI=1S/C23H22N2O3/c1-25(2)17-9-7-16(8-10-17)14-24-23(26)15-27-18-11-12-22-20(13-18)19-5-3-4-6-21(19)28-22/h3-13H,14-15H2,1-2H3,(H,24,26). The molecule has 1 N–H and O–H groups in total. The van der Waals surface area contributed by atoms with Crippen LogP contribution in [0.2, 0.25) is 0 Å². The van der Waals surface area contributed by atoms with Crippen LogP contribution in [0.3, 0.4) is 0 Å². The smallest absolute Gasteiger partial charge is 0.258 e. The van der Waals surface area contributed by atoms with Crippen molar-refractivity contribution in [3.63, 3.8) is 0 Å². The van der Waals surface area contributed by atoms with E-state index < -0.39 is 0 Å². The van der Waals surface area contributed by atoms with Crippen LogP contribution < -0.4 is 15.0 Å². The van der Waals surface area contributed by atoms with E-state index in [1.807, 2.05) is 85.7 Å². The Morgan fingerprint density at radius 2 is 1.71 bits per heavy atom. The van der Waals surface area contributed by atoms with Crippen molar-refractivity contribution in [2.45, 2.75) is 6.54 Å². The van der Waals surface area contributed by atoms with Crippen LogP contribution in [0.4, 0.5) is 5.69 Å². The van der Waals surface area contributed by atoms with Gasteiger partial charge < -0.3 is 19.4 Å². The zero-order chi connectivity index (χ0) is 19.5. The molecule has 1 amide bonds. The maximum absolute atomic E-state index is 12.1. The first kappa shape index (κ1) is 17.9. The van der Waals surface area contributed by atoms with E-state index in [9.17, 15) is 4.79 Å². The van der Waals surface area contributed by atoms with E-state index in [0.29, 0.717) is 12.3 Å². The third kappa shape index (κ3) is 3.78. The van der Waals surface area contributed by atoms with Crippen LogP contribution in [0.1, 0.15) is 5.56 Å². The van der Waals surface area contributed by atoms with Gasteiger partial charge in [0, 0.05) is 37.1 Å². The molecule has 5 heteroatoms. The third-order valence-corrected chi connectivity index (χ3v) is 4.66. The average Bonchev–Trinajstić information content (AvgIpc) is 3.09. The van der Waals surface area contributed by atoms with Crippen LogP contribution in [-0.2, 0) is 11.3 Å². The van der Waals surface area contributed by atoms with Gasteiger partial charge in [-0.25, -0.2) is 0 Å². The summed E-state index contributed by atoms with van der Waals surface area (Å²) >= 11 is 0. The third-order valence-electron chi connectivity index (χ3n) is 4.66. The number of anilines is 1. The number of carbonyl (C=O) groups excluding carboxylic acids is 1. The maximum Gasteiger partial charge on any atom is 0.258 e. The summed E-state index contributed by atoms with van der Waals surface area (Å²) in [5.74, 6) is 0.485. The molecule has 142 valence electrons. The Hall–Kier alpha value is -3.47. The van der Waals surface area contributed by atoms with Crippen molar-refractivity contribution in [3.05, 3.63) is 72.3 Å². The molecule has 0 atom stereocenters. The molecule has 0 spiro atoms. The molecule has 0 saturated carbocycles. The molecular weight excluding hydrogens is 352 g/mol. The second-order valence-corrected chi connectivity index (χ2v) is 6.88. The first-order chi connectivity index (χ1) is 13.6. The minimum atomic E-state index is -0.158. The number of rotatable bonds is 6. The fourth-order valence-corrected chi connectivity index (χ4v) is 3.11. The Labute approximate surface area is 163 Å². The monoisotopic (exact) mass is 374 g/mol. The number of hydrogen-bond acceptors (Lipinski definition) is 4. The summed E-state index contributed by atoms with van der Waals surface area (Å²) in [6, 6.07) is 21.5. The fraction of sp³-hybridized carbons (Fsp3) is 0.174. The van der Waals surface area contributed by atoms with Gasteiger partial charge in [-0.15, -0.1) is 0 Å². The van der Waals surface area contributed by atoms with Crippen molar-refractivity contribution in [2.24, 2.45) is 0 Å². The van der Waals surface area contributed by atoms with Crippen molar-refractivity contribution < 1.29 is 13.9 Å². The molecular formula is C23H22N2O3. The molecule has 5 nitrogen and oxygen atoms in total. The highest BCUT2D eigenvalue weighted by atomic mass is 16.5. The molecule has 0 aliphatic rings. The zero-order valence-corrected chi connectivity index (χ0v) is 15.9. The molecule has 0 bridgehead atoms. The molecule has 0 aliphatic heterocycles. The van der Waals surface area contributed by atoms with Gasteiger partial charge in [0.25, 0.3) is 5.91 Å². The largest absolute Gasteiger partial charge is 0.484 e. The van der Waals surface area contributed by atoms with Crippen molar-refractivity contribution in [3.8, 4) is 5.75 Å². The van der Waals surface area contributed by atoms with Gasteiger partial charge in [-0.3, -0.25) is 4.79 Å². The van der Waals surface area contributed by atoms with E-state index in [0.717, 1.165) is 33.2 Å². The second kappa shape index (κ2) is 7.64. The van der Waals surface area contributed by atoms with Gasteiger partial charge in [-0.05, 0) is 42.0 Å². The van der Waals surface area contributed by atoms with Crippen molar-refractivity contribution >= 4 is 33.5 Å². The van der Waals surface area contributed by atoms with E-state index in [-0.39, 0.29) is 12.5 Å². The topological polar surface area (TPSA) is 54.7 Å².